The Morgan fingerprint density at radius 1 is 1.29 bits per heavy atom. The predicted molar refractivity (Wildman–Crippen MR) is 65.3 cm³/mol. The number of hydrogen-bond acceptors (Lipinski definition) is 3. The Labute approximate surface area is 99.1 Å². The Morgan fingerprint density at radius 2 is 2.06 bits per heavy atom. The van der Waals surface area contributed by atoms with Crippen molar-refractivity contribution >= 4 is 5.82 Å². The van der Waals surface area contributed by atoms with Gasteiger partial charge in [0.15, 0.2) is 0 Å². The zero-order valence-electron chi connectivity index (χ0n) is 9.70. The van der Waals surface area contributed by atoms with E-state index in [2.05, 4.69) is 4.98 Å². The molecule has 2 rings (SSSR count). The highest BCUT2D eigenvalue weighted by molar-refractivity contribution is 5.71. The van der Waals surface area contributed by atoms with Crippen LogP contribution in [0.3, 0.4) is 0 Å². The third kappa shape index (κ3) is 2.20. The molecule has 0 atom stereocenters. The highest BCUT2D eigenvalue weighted by Gasteiger charge is 2.08. The number of aryl methyl sites for hydroxylation is 1. The number of aromatic nitrogens is 1. The maximum atomic E-state index is 13.2. The summed E-state index contributed by atoms with van der Waals surface area (Å²) in [6.07, 6.45) is 1.61. The van der Waals surface area contributed by atoms with E-state index < -0.39 is 0 Å². The van der Waals surface area contributed by atoms with Gasteiger partial charge in [-0.25, -0.2) is 9.37 Å². The second kappa shape index (κ2) is 4.41. The molecular weight excluding hydrogens is 219 g/mol. The normalized spacial score (nSPS) is 10.3. The number of benzene rings is 1. The van der Waals surface area contributed by atoms with Gasteiger partial charge in [-0.1, -0.05) is 0 Å². The average molecular weight is 232 g/mol. The van der Waals surface area contributed by atoms with Gasteiger partial charge in [-0.3, -0.25) is 0 Å². The summed E-state index contributed by atoms with van der Waals surface area (Å²) in [4.78, 5) is 4.06. The fraction of sp³-hybridized carbons (Fsp3) is 0.154. The van der Waals surface area contributed by atoms with Gasteiger partial charge in [-0.15, -0.1) is 0 Å². The number of ether oxygens (including phenoxy) is 1. The summed E-state index contributed by atoms with van der Waals surface area (Å²) in [5, 5.41) is 0. The number of nitrogens with two attached hydrogens (primary N) is 1. The summed E-state index contributed by atoms with van der Waals surface area (Å²) in [6, 6.07) is 6.24. The Hall–Kier alpha value is -2.10. The van der Waals surface area contributed by atoms with E-state index in [1.54, 1.807) is 19.4 Å². The van der Waals surface area contributed by atoms with E-state index in [4.69, 9.17) is 10.5 Å². The lowest BCUT2D eigenvalue weighted by Gasteiger charge is -2.09. The summed E-state index contributed by atoms with van der Waals surface area (Å²) in [6.45, 7) is 1.86. The number of methoxy groups -OCH3 is 1. The van der Waals surface area contributed by atoms with Crippen molar-refractivity contribution in [3.8, 4) is 16.9 Å². The number of hydrogen-bond donors (Lipinski definition) is 1. The van der Waals surface area contributed by atoms with E-state index in [0.717, 1.165) is 11.1 Å². The number of nitrogen functional groups attached to an aromatic ring is 1. The minimum absolute atomic E-state index is 0.310. The van der Waals surface area contributed by atoms with Gasteiger partial charge in [0.1, 0.15) is 17.4 Å². The molecule has 2 aromatic rings. The molecule has 0 radical (unpaired) electrons. The summed E-state index contributed by atoms with van der Waals surface area (Å²) in [7, 11) is 1.55. The summed E-state index contributed by atoms with van der Waals surface area (Å²) < 4.78 is 18.4. The second-order valence-electron chi connectivity index (χ2n) is 3.77. The molecular formula is C13H13FN2O. The van der Waals surface area contributed by atoms with Crippen LogP contribution in [0, 0.1) is 12.7 Å². The van der Waals surface area contributed by atoms with Crippen molar-refractivity contribution in [1.29, 1.82) is 0 Å². The zero-order valence-corrected chi connectivity index (χ0v) is 9.70. The van der Waals surface area contributed by atoms with Crippen molar-refractivity contribution in [1.82, 2.24) is 4.98 Å². The molecule has 2 N–H and O–H groups in total. The van der Waals surface area contributed by atoms with Crippen LogP contribution in [0.4, 0.5) is 10.2 Å². The van der Waals surface area contributed by atoms with E-state index in [-0.39, 0.29) is 5.82 Å². The van der Waals surface area contributed by atoms with Crippen molar-refractivity contribution < 1.29 is 9.13 Å². The molecule has 0 fully saturated rings. The molecule has 0 aliphatic heterocycles. The van der Waals surface area contributed by atoms with Crippen molar-refractivity contribution in [2.24, 2.45) is 0 Å². The summed E-state index contributed by atoms with van der Waals surface area (Å²) >= 11 is 0. The van der Waals surface area contributed by atoms with Crippen LogP contribution in [0.15, 0.2) is 30.5 Å². The van der Waals surface area contributed by atoms with Crippen molar-refractivity contribution in [3.63, 3.8) is 0 Å². The van der Waals surface area contributed by atoms with E-state index >= 15 is 0 Å². The Bertz CT molecular complexity index is 555. The van der Waals surface area contributed by atoms with E-state index in [1.807, 2.05) is 13.0 Å². The van der Waals surface area contributed by atoms with Gasteiger partial charge >= 0.3 is 0 Å². The van der Waals surface area contributed by atoms with E-state index in [0.29, 0.717) is 17.1 Å². The Morgan fingerprint density at radius 3 is 2.71 bits per heavy atom. The van der Waals surface area contributed by atoms with E-state index in [9.17, 15) is 4.39 Å². The first-order chi connectivity index (χ1) is 8.11. The number of pyridine rings is 1. The lowest BCUT2D eigenvalue weighted by atomic mass is 10.0. The fourth-order valence-electron chi connectivity index (χ4n) is 1.64. The Kier molecular flexibility index (Phi) is 2.95. The molecule has 17 heavy (non-hydrogen) atoms. The maximum absolute atomic E-state index is 13.2. The van der Waals surface area contributed by atoms with Crippen LogP contribution < -0.4 is 10.5 Å². The van der Waals surface area contributed by atoms with Gasteiger partial charge in [0.05, 0.1) is 7.11 Å². The molecule has 0 aliphatic carbocycles. The number of rotatable bonds is 2. The SMILES string of the molecule is COc1ccc(F)cc1-c1cnc(N)c(C)c1. The molecule has 0 spiro atoms. The van der Waals surface area contributed by atoms with Gasteiger partial charge in [0, 0.05) is 17.3 Å². The standard InChI is InChI=1S/C13H13FN2O/c1-8-5-9(7-16-13(8)15)11-6-10(14)3-4-12(11)17-2/h3-7H,1-2H3,(H2,15,16). The molecule has 0 unspecified atom stereocenters. The van der Waals surface area contributed by atoms with Crippen LogP contribution in [-0.2, 0) is 0 Å². The lowest BCUT2D eigenvalue weighted by Crippen LogP contribution is -1.95. The topological polar surface area (TPSA) is 48.1 Å². The molecule has 1 heterocycles. The van der Waals surface area contributed by atoms with Crippen molar-refractivity contribution in [2.45, 2.75) is 6.92 Å². The first-order valence-electron chi connectivity index (χ1n) is 5.18. The zero-order chi connectivity index (χ0) is 12.4. The quantitative estimate of drug-likeness (QED) is 0.866. The Balaban J connectivity index is 2.58. The van der Waals surface area contributed by atoms with Crippen LogP contribution in [0.25, 0.3) is 11.1 Å². The smallest absolute Gasteiger partial charge is 0.126 e. The third-order valence-electron chi connectivity index (χ3n) is 2.59. The van der Waals surface area contributed by atoms with Gasteiger partial charge < -0.3 is 10.5 Å². The van der Waals surface area contributed by atoms with E-state index in [1.165, 1.54) is 12.1 Å². The molecule has 0 saturated heterocycles. The molecule has 0 bridgehead atoms. The van der Waals surface area contributed by atoms with Crippen LogP contribution in [-0.4, -0.2) is 12.1 Å². The number of nitrogens with zero attached hydrogens (tertiary/aromatic N) is 1. The lowest BCUT2D eigenvalue weighted by molar-refractivity contribution is 0.415. The molecule has 0 aliphatic rings. The summed E-state index contributed by atoms with van der Waals surface area (Å²) in [5.74, 6) is 0.775. The third-order valence-corrected chi connectivity index (χ3v) is 2.59. The minimum Gasteiger partial charge on any atom is -0.496 e. The molecule has 4 heteroatoms. The minimum atomic E-state index is -0.310. The molecule has 3 nitrogen and oxygen atoms in total. The van der Waals surface area contributed by atoms with Crippen LogP contribution in [0.2, 0.25) is 0 Å². The van der Waals surface area contributed by atoms with Crippen LogP contribution in [0.1, 0.15) is 5.56 Å². The molecule has 0 amide bonds. The predicted octanol–water partition coefficient (Wildman–Crippen LogP) is 2.79. The summed E-state index contributed by atoms with van der Waals surface area (Å²) in [5.41, 5.74) is 7.96. The van der Waals surface area contributed by atoms with Gasteiger partial charge in [-0.2, -0.15) is 0 Å². The van der Waals surface area contributed by atoms with Gasteiger partial charge in [0.25, 0.3) is 0 Å². The molecule has 88 valence electrons. The van der Waals surface area contributed by atoms with Crippen molar-refractivity contribution in [3.05, 3.63) is 41.8 Å². The van der Waals surface area contributed by atoms with Crippen molar-refractivity contribution in [2.75, 3.05) is 12.8 Å². The highest BCUT2D eigenvalue weighted by atomic mass is 19.1. The number of halogens is 1. The average Bonchev–Trinajstić information content (AvgIpc) is 2.32. The van der Waals surface area contributed by atoms with Crippen LogP contribution >= 0.6 is 0 Å². The first-order valence-corrected chi connectivity index (χ1v) is 5.18. The molecule has 1 aromatic heterocycles. The highest BCUT2D eigenvalue weighted by Crippen LogP contribution is 2.31. The maximum Gasteiger partial charge on any atom is 0.126 e. The van der Waals surface area contributed by atoms with Gasteiger partial charge in [-0.05, 0) is 36.8 Å². The van der Waals surface area contributed by atoms with Gasteiger partial charge in [0.2, 0.25) is 0 Å². The molecule has 0 saturated carbocycles. The number of anilines is 1. The van der Waals surface area contributed by atoms with Crippen LogP contribution in [0.5, 0.6) is 5.75 Å². The molecule has 1 aromatic carbocycles. The largest absolute Gasteiger partial charge is 0.496 e. The second-order valence-corrected chi connectivity index (χ2v) is 3.77. The fourth-order valence-corrected chi connectivity index (χ4v) is 1.64. The monoisotopic (exact) mass is 232 g/mol. The first kappa shape index (κ1) is 11.4.